The average Bonchev–Trinajstić information content (AvgIpc) is 3.46. The summed E-state index contributed by atoms with van der Waals surface area (Å²) in [5.74, 6) is 1.03. The number of imidazole rings is 1. The molecule has 0 radical (unpaired) electrons. The van der Waals surface area contributed by atoms with E-state index in [1.165, 1.54) is 0 Å². The SMILES string of the molecule is O=C([C@H]1CCCO1)N1CCC(Oc2ccc(-c3ccc4cncn4c3)cc2)CC1. The van der Waals surface area contributed by atoms with Crippen molar-refractivity contribution in [2.75, 3.05) is 19.7 Å². The number of benzene rings is 1. The molecule has 2 saturated heterocycles. The lowest BCUT2D eigenvalue weighted by Crippen LogP contribution is -2.45. The Bertz CT molecular complexity index is 984. The van der Waals surface area contributed by atoms with E-state index >= 15 is 0 Å². The Balaban J connectivity index is 1.18. The van der Waals surface area contributed by atoms with Crippen molar-refractivity contribution in [3.8, 4) is 16.9 Å². The minimum atomic E-state index is -0.221. The summed E-state index contributed by atoms with van der Waals surface area (Å²) in [7, 11) is 0. The van der Waals surface area contributed by atoms with Gasteiger partial charge in [0.1, 0.15) is 18.0 Å². The average molecular weight is 391 g/mol. The van der Waals surface area contributed by atoms with Crippen molar-refractivity contribution in [1.29, 1.82) is 0 Å². The number of aromatic nitrogens is 2. The number of pyridine rings is 1. The summed E-state index contributed by atoms with van der Waals surface area (Å²) in [6.45, 7) is 2.20. The molecule has 1 atom stereocenters. The van der Waals surface area contributed by atoms with Crippen LogP contribution in [0, 0.1) is 0 Å². The lowest BCUT2D eigenvalue weighted by molar-refractivity contribution is -0.142. The van der Waals surface area contributed by atoms with Crippen LogP contribution in [0.4, 0.5) is 0 Å². The van der Waals surface area contributed by atoms with E-state index < -0.39 is 0 Å². The minimum Gasteiger partial charge on any atom is -0.490 e. The Morgan fingerprint density at radius 2 is 1.83 bits per heavy atom. The number of likely N-dealkylation sites (tertiary alicyclic amines) is 1. The van der Waals surface area contributed by atoms with Crippen LogP contribution in [0.3, 0.4) is 0 Å². The highest BCUT2D eigenvalue weighted by Gasteiger charge is 2.31. The van der Waals surface area contributed by atoms with Gasteiger partial charge in [-0.1, -0.05) is 18.2 Å². The van der Waals surface area contributed by atoms with E-state index in [-0.39, 0.29) is 18.1 Å². The molecule has 4 heterocycles. The van der Waals surface area contributed by atoms with E-state index in [2.05, 4.69) is 35.4 Å². The Morgan fingerprint density at radius 3 is 2.59 bits per heavy atom. The summed E-state index contributed by atoms with van der Waals surface area (Å²) < 4.78 is 13.7. The predicted molar refractivity (Wildman–Crippen MR) is 110 cm³/mol. The summed E-state index contributed by atoms with van der Waals surface area (Å²) >= 11 is 0. The highest BCUT2D eigenvalue weighted by molar-refractivity contribution is 5.81. The third-order valence-electron chi connectivity index (χ3n) is 5.86. The van der Waals surface area contributed by atoms with Crippen LogP contribution in [0.1, 0.15) is 25.7 Å². The van der Waals surface area contributed by atoms with Gasteiger partial charge in [0.05, 0.1) is 18.0 Å². The van der Waals surface area contributed by atoms with Gasteiger partial charge in [-0.2, -0.15) is 0 Å². The predicted octanol–water partition coefficient (Wildman–Crippen LogP) is 3.55. The fourth-order valence-corrected chi connectivity index (χ4v) is 4.18. The van der Waals surface area contributed by atoms with Crippen LogP contribution in [-0.2, 0) is 9.53 Å². The number of piperidine rings is 1. The van der Waals surface area contributed by atoms with Crippen LogP contribution in [0.15, 0.2) is 55.1 Å². The molecule has 2 aliphatic heterocycles. The van der Waals surface area contributed by atoms with E-state index in [0.717, 1.165) is 61.2 Å². The smallest absolute Gasteiger partial charge is 0.251 e. The van der Waals surface area contributed by atoms with Crippen molar-refractivity contribution in [1.82, 2.24) is 14.3 Å². The zero-order valence-corrected chi connectivity index (χ0v) is 16.4. The van der Waals surface area contributed by atoms with E-state index in [9.17, 15) is 4.79 Å². The number of fused-ring (bicyclic) bond motifs is 1. The van der Waals surface area contributed by atoms with Gasteiger partial charge in [0, 0.05) is 38.7 Å². The van der Waals surface area contributed by atoms with Crippen LogP contribution in [-0.4, -0.2) is 52.1 Å². The molecule has 2 fully saturated rings. The van der Waals surface area contributed by atoms with Gasteiger partial charge >= 0.3 is 0 Å². The summed E-state index contributed by atoms with van der Waals surface area (Å²) in [5, 5.41) is 0. The van der Waals surface area contributed by atoms with E-state index in [4.69, 9.17) is 9.47 Å². The Labute approximate surface area is 170 Å². The number of carbonyl (C=O) groups is 1. The van der Waals surface area contributed by atoms with Crippen molar-refractivity contribution >= 4 is 11.4 Å². The quantitative estimate of drug-likeness (QED) is 0.683. The molecular weight excluding hydrogens is 366 g/mol. The Hall–Kier alpha value is -2.86. The maximum atomic E-state index is 12.5. The molecule has 3 aromatic rings. The van der Waals surface area contributed by atoms with Crippen LogP contribution in [0.2, 0.25) is 0 Å². The van der Waals surface area contributed by atoms with Gasteiger partial charge in [0.25, 0.3) is 5.91 Å². The number of amides is 1. The topological polar surface area (TPSA) is 56.1 Å². The first kappa shape index (κ1) is 18.2. The van der Waals surface area contributed by atoms with Gasteiger partial charge in [-0.25, -0.2) is 4.98 Å². The second-order valence-corrected chi connectivity index (χ2v) is 7.81. The fraction of sp³-hybridized carbons (Fsp3) is 0.391. The fourth-order valence-electron chi connectivity index (χ4n) is 4.18. The standard InChI is InChI=1S/C23H25N3O3/c27-23(22-2-1-13-28-22)25-11-9-21(10-12-25)29-20-7-4-17(5-8-20)18-3-6-19-14-24-16-26(19)15-18/h3-8,14-16,21-22H,1-2,9-13H2/t22-/m1/s1. The van der Waals surface area contributed by atoms with Crippen LogP contribution in [0.5, 0.6) is 5.75 Å². The summed E-state index contributed by atoms with van der Waals surface area (Å²) in [6.07, 6.45) is 9.23. The van der Waals surface area contributed by atoms with E-state index in [0.29, 0.717) is 6.61 Å². The van der Waals surface area contributed by atoms with Crippen molar-refractivity contribution < 1.29 is 14.3 Å². The first-order valence-electron chi connectivity index (χ1n) is 10.4. The molecule has 150 valence electrons. The Kier molecular flexibility index (Phi) is 4.94. The number of nitrogens with zero attached hydrogens (tertiary/aromatic N) is 3. The summed E-state index contributed by atoms with van der Waals surface area (Å²) in [6, 6.07) is 12.4. The molecule has 2 aromatic heterocycles. The van der Waals surface area contributed by atoms with Crippen molar-refractivity contribution in [2.45, 2.75) is 37.9 Å². The zero-order valence-electron chi connectivity index (χ0n) is 16.4. The van der Waals surface area contributed by atoms with Crippen molar-refractivity contribution in [3.05, 3.63) is 55.1 Å². The van der Waals surface area contributed by atoms with Crippen LogP contribution < -0.4 is 4.74 Å². The molecule has 0 unspecified atom stereocenters. The largest absolute Gasteiger partial charge is 0.490 e. The van der Waals surface area contributed by atoms with E-state index in [1.807, 2.05) is 34.0 Å². The second-order valence-electron chi connectivity index (χ2n) is 7.81. The molecule has 5 rings (SSSR count). The number of ether oxygens (including phenoxy) is 2. The molecule has 6 heteroatoms. The normalized spacial score (nSPS) is 20.3. The lowest BCUT2D eigenvalue weighted by atomic mass is 10.1. The van der Waals surface area contributed by atoms with Gasteiger partial charge < -0.3 is 18.8 Å². The molecule has 6 nitrogen and oxygen atoms in total. The van der Waals surface area contributed by atoms with Gasteiger partial charge in [0.15, 0.2) is 0 Å². The van der Waals surface area contributed by atoms with Gasteiger partial charge in [-0.15, -0.1) is 0 Å². The first-order valence-corrected chi connectivity index (χ1v) is 10.4. The van der Waals surface area contributed by atoms with Crippen LogP contribution >= 0.6 is 0 Å². The number of rotatable bonds is 4. The van der Waals surface area contributed by atoms with Gasteiger partial charge in [-0.05, 0) is 42.2 Å². The van der Waals surface area contributed by atoms with Gasteiger partial charge in [-0.3, -0.25) is 4.79 Å². The molecule has 1 amide bonds. The molecule has 0 N–H and O–H groups in total. The highest BCUT2D eigenvalue weighted by Crippen LogP contribution is 2.26. The monoisotopic (exact) mass is 391 g/mol. The Morgan fingerprint density at radius 1 is 1.03 bits per heavy atom. The maximum Gasteiger partial charge on any atom is 0.251 e. The van der Waals surface area contributed by atoms with Crippen molar-refractivity contribution in [2.24, 2.45) is 0 Å². The minimum absolute atomic E-state index is 0.150. The van der Waals surface area contributed by atoms with Crippen LogP contribution in [0.25, 0.3) is 16.6 Å². The highest BCUT2D eigenvalue weighted by atomic mass is 16.5. The third kappa shape index (κ3) is 3.85. The maximum absolute atomic E-state index is 12.5. The molecule has 1 aromatic carbocycles. The molecule has 0 aliphatic carbocycles. The summed E-state index contributed by atoms with van der Waals surface area (Å²) in [4.78, 5) is 18.6. The molecule has 0 spiro atoms. The molecule has 0 bridgehead atoms. The van der Waals surface area contributed by atoms with Crippen molar-refractivity contribution in [3.63, 3.8) is 0 Å². The number of hydrogen-bond acceptors (Lipinski definition) is 4. The third-order valence-corrected chi connectivity index (χ3v) is 5.86. The van der Waals surface area contributed by atoms with E-state index in [1.54, 1.807) is 0 Å². The first-order chi connectivity index (χ1) is 14.3. The molecule has 29 heavy (non-hydrogen) atoms. The number of hydrogen-bond donors (Lipinski definition) is 0. The molecule has 2 aliphatic rings. The zero-order chi connectivity index (χ0) is 19.6. The molecule has 0 saturated carbocycles. The lowest BCUT2D eigenvalue weighted by Gasteiger charge is -2.33. The summed E-state index contributed by atoms with van der Waals surface area (Å²) in [5.41, 5.74) is 3.37. The van der Waals surface area contributed by atoms with Gasteiger partial charge in [0.2, 0.25) is 0 Å². The number of carbonyl (C=O) groups excluding carboxylic acids is 1. The second kappa shape index (κ2) is 7.87. The molecular formula is C23H25N3O3.